The Morgan fingerprint density at radius 3 is 2.45 bits per heavy atom. The van der Waals surface area contributed by atoms with Gasteiger partial charge in [-0.1, -0.05) is 30.3 Å². The van der Waals surface area contributed by atoms with Gasteiger partial charge in [-0.15, -0.1) is 0 Å². The molecule has 0 atom stereocenters. The highest BCUT2D eigenvalue weighted by atomic mass is 79.9. The number of hydrogen-bond donors (Lipinski definition) is 1. The van der Waals surface area contributed by atoms with E-state index in [1.165, 1.54) is 6.07 Å². The maximum absolute atomic E-state index is 13.1. The Morgan fingerprint density at radius 1 is 1.10 bits per heavy atom. The number of nitrogens with two attached hydrogens (primary N) is 1. The number of benzene rings is 2. The van der Waals surface area contributed by atoms with Crippen molar-refractivity contribution >= 4 is 21.7 Å². The molecule has 2 aromatic carbocycles. The molecular formula is C16H15BrFNO. The molecule has 0 heterocycles. The highest BCUT2D eigenvalue weighted by Gasteiger charge is 2.09. The molecule has 0 saturated carbocycles. The Balaban J connectivity index is 2.07. The molecular weight excluding hydrogens is 321 g/mol. The minimum atomic E-state index is -0.324. The molecule has 0 aliphatic rings. The Morgan fingerprint density at radius 2 is 1.80 bits per heavy atom. The monoisotopic (exact) mass is 335 g/mol. The molecule has 0 aliphatic carbocycles. The van der Waals surface area contributed by atoms with Crippen LogP contribution in [0.4, 0.5) is 4.39 Å². The summed E-state index contributed by atoms with van der Waals surface area (Å²) in [6.07, 6.45) is 0.639. The largest absolute Gasteiger partial charge is 0.326 e. The Bertz CT molecular complexity index is 628. The number of carbonyl (C=O) groups excluding carboxylic acids is 1. The number of hydrogen-bond acceptors (Lipinski definition) is 2. The van der Waals surface area contributed by atoms with Gasteiger partial charge in [-0.25, -0.2) is 4.39 Å². The zero-order valence-electron chi connectivity index (χ0n) is 10.9. The van der Waals surface area contributed by atoms with Crippen LogP contribution in [0.2, 0.25) is 0 Å². The van der Waals surface area contributed by atoms with Crippen molar-refractivity contribution in [1.29, 1.82) is 0 Å². The van der Waals surface area contributed by atoms with Gasteiger partial charge < -0.3 is 5.73 Å². The first-order valence-corrected chi connectivity index (χ1v) is 7.12. The van der Waals surface area contributed by atoms with E-state index in [-0.39, 0.29) is 18.0 Å². The van der Waals surface area contributed by atoms with Crippen molar-refractivity contribution in [3.63, 3.8) is 0 Å². The van der Waals surface area contributed by atoms with E-state index in [1.54, 1.807) is 12.1 Å². The fourth-order valence-electron chi connectivity index (χ4n) is 2.08. The molecule has 0 amide bonds. The predicted molar refractivity (Wildman–Crippen MR) is 80.8 cm³/mol. The highest BCUT2D eigenvalue weighted by molar-refractivity contribution is 9.10. The third-order valence-corrected chi connectivity index (χ3v) is 3.72. The maximum atomic E-state index is 13.1. The molecule has 2 N–H and O–H groups in total. The quantitative estimate of drug-likeness (QED) is 0.909. The summed E-state index contributed by atoms with van der Waals surface area (Å²) in [5.74, 6) is -0.237. The molecule has 0 fully saturated rings. The van der Waals surface area contributed by atoms with Crippen LogP contribution in [0.5, 0.6) is 0 Å². The molecule has 2 nitrogen and oxygen atoms in total. The van der Waals surface area contributed by atoms with Crippen molar-refractivity contribution in [2.75, 3.05) is 0 Å². The molecule has 2 rings (SSSR count). The Labute approximate surface area is 125 Å². The fourth-order valence-corrected chi connectivity index (χ4v) is 2.51. The van der Waals surface area contributed by atoms with Crippen LogP contribution in [-0.2, 0) is 24.2 Å². The second-order valence-corrected chi connectivity index (χ2v) is 5.47. The number of halogens is 2. The molecule has 20 heavy (non-hydrogen) atoms. The molecule has 0 unspecified atom stereocenters. The van der Waals surface area contributed by atoms with Crippen LogP contribution in [-0.4, -0.2) is 5.78 Å². The summed E-state index contributed by atoms with van der Waals surface area (Å²) in [5, 5.41) is 0. The van der Waals surface area contributed by atoms with Crippen LogP contribution in [0.15, 0.2) is 46.9 Å². The summed E-state index contributed by atoms with van der Waals surface area (Å²) in [7, 11) is 0. The van der Waals surface area contributed by atoms with Crippen molar-refractivity contribution in [1.82, 2.24) is 0 Å². The highest BCUT2D eigenvalue weighted by Crippen LogP contribution is 2.18. The zero-order chi connectivity index (χ0) is 14.5. The molecule has 0 radical (unpaired) electrons. The van der Waals surface area contributed by atoms with E-state index >= 15 is 0 Å². The second kappa shape index (κ2) is 6.77. The lowest BCUT2D eigenvalue weighted by Crippen LogP contribution is -2.10. The van der Waals surface area contributed by atoms with Gasteiger partial charge in [0.15, 0.2) is 0 Å². The molecule has 0 bridgehead atoms. The lowest BCUT2D eigenvalue weighted by atomic mass is 9.99. The molecule has 0 aromatic heterocycles. The smallest absolute Gasteiger partial charge is 0.141 e. The van der Waals surface area contributed by atoms with E-state index in [9.17, 15) is 9.18 Å². The van der Waals surface area contributed by atoms with Crippen molar-refractivity contribution in [2.45, 2.75) is 19.4 Å². The third kappa shape index (κ3) is 3.74. The van der Waals surface area contributed by atoms with E-state index < -0.39 is 0 Å². The van der Waals surface area contributed by atoms with Gasteiger partial charge in [-0.05, 0) is 44.8 Å². The topological polar surface area (TPSA) is 43.1 Å². The van der Waals surface area contributed by atoms with Crippen LogP contribution >= 0.6 is 15.9 Å². The van der Waals surface area contributed by atoms with Crippen LogP contribution in [0.1, 0.15) is 16.7 Å². The van der Waals surface area contributed by atoms with E-state index in [4.69, 9.17) is 5.73 Å². The summed E-state index contributed by atoms with van der Waals surface area (Å²) in [6.45, 7) is 0.422. The van der Waals surface area contributed by atoms with E-state index in [0.29, 0.717) is 17.4 Å². The summed E-state index contributed by atoms with van der Waals surface area (Å²) in [5.41, 5.74) is 8.40. The van der Waals surface area contributed by atoms with Gasteiger partial charge in [0.2, 0.25) is 0 Å². The average Bonchev–Trinajstić information content (AvgIpc) is 2.43. The first kappa shape index (κ1) is 14.9. The van der Waals surface area contributed by atoms with Gasteiger partial charge in [0.1, 0.15) is 11.6 Å². The van der Waals surface area contributed by atoms with E-state index in [1.807, 2.05) is 24.3 Å². The molecule has 0 spiro atoms. The zero-order valence-corrected chi connectivity index (χ0v) is 12.5. The predicted octanol–water partition coefficient (Wildman–Crippen LogP) is 3.40. The molecule has 104 valence electrons. The maximum Gasteiger partial charge on any atom is 0.141 e. The number of rotatable bonds is 5. The summed E-state index contributed by atoms with van der Waals surface area (Å²) in [6, 6.07) is 12.3. The van der Waals surface area contributed by atoms with Gasteiger partial charge in [-0.3, -0.25) is 4.79 Å². The van der Waals surface area contributed by atoms with Gasteiger partial charge in [0, 0.05) is 19.4 Å². The van der Waals surface area contributed by atoms with Crippen LogP contribution < -0.4 is 5.73 Å². The van der Waals surface area contributed by atoms with Crippen molar-refractivity contribution in [3.8, 4) is 0 Å². The standard InChI is InChI=1S/C16H15BrFNO/c17-15-8-11(5-6-16(15)18)7-14(20)9-12-3-1-2-4-13(12)10-19/h1-6,8H,7,9-10,19H2. The molecule has 0 saturated heterocycles. The minimum Gasteiger partial charge on any atom is -0.326 e. The third-order valence-electron chi connectivity index (χ3n) is 3.11. The van der Waals surface area contributed by atoms with Gasteiger partial charge in [-0.2, -0.15) is 0 Å². The van der Waals surface area contributed by atoms with Gasteiger partial charge in [0.25, 0.3) is 0 Å². The van der Waals surface area contributed by atoms with Crippen molar-refractivity contribution in [3.05, 3.63) is 69.4 Å². The summed E-state index contributed by atoms with van der Waals surface area (Å²) in [4.78, 5) is 12.1. The average molecular weight is 336 g/mol. The van der Waals surface area contributed by atoms with Crippen LogP contribution in [0.3, 0.4) is 0 Å². The number of ketones is 1. The number of carbonyl (C=O) groups is 1. The Hall–Kier alpha value is -1.52. The van der Waals surface area contributed by atoms with Crippen molar-refractivity contribution in [2.24, 2.45) is 5.73 Å². The van der Waals surface area contributed by atoms with Crippen LogP contribution in [0.25, 0.3) is 0 Å². The summed E-state index contributed by atoms with van der Waals surface area (Å²) < 4.78 is 13.5. The van der Waals surface area contributed by atoms with Gasteiger partial charge in [0.05, 0.1) is 4.47 Å². The lowest BCUT2D eigenvalue weighted by Gasteiger charge is -2.07. The fraction of sp³-hybridized carbons (Fsp3) is 0.188. The SMILES string of the molecule is NCc1ccccc1CC(=O)Cc1ccc(F)c(Br)c1. The normalized spacial score (nSPS) is 10.6. The van der Waals surface area contributed by atoms with Crippen LogP contribution in [0, 0.1) is 5.82 Å². The van der Waals surface area contributed by atoms with Crippen molar-refractivity contribution < 1.29 is 9.18 Å². The summed E-state index contributed by atoms with van der Waals surface area (Å²) >= 11 is 3.12. The molecule has 4 heteroatoms. The first-order valence-electron chi connectivity index (χ1n) is 6.32. The second-order valence-electron chi connectivity index (χ2n) is 4.61. The number of Topliss-reactive ketones (excluding diaryl/α,β-unsaturated/α-hetero) is 1. The first-order chi connectivity index (χ1) is 9.60. The minimum absolute atomic E-state index is 0.0874. The Kier molecular flexibility index (Phi) is 5.04. The van der Waals surface area contributed by atoms with E-state index in [0.717, 1.165) is 16.7 Å². The lowest BCUT2D eigenvalue weighted by molar-refractivity contribution is -0.117. The van der Waals surface area contributed by atoms with E-state index in [2.05, 4.69) is 15.9 Å². The molecule has 0 aliphatic heterocycles. The molecule has 2 aromatic rings. The van der Waals surface area contributed by atoms with Gasteiger partial charge >= 0.3 is 0 Å².